The van der Waals surface area contributed by atoms with Crippen LogP contribution in [-0.4, -0.2) is 38.1 Å². The molecule has 1 heterocycles. The molecule has 0 aliphatic carbocycles. The van der Waals surface area contributed by atoms with Crippen molar-refractivity contribution in [1.82, 2.24) is 19.8 Å². The Hall–Kier alpha value is -3.61. The van der Waals surface area contributed by atoms with Gasteiger partial charge in [0.25, 0.3) is 0 Å². The average Bonchev–Trinajstić information content (AvgIpc) is 3.42. The zero-order valence-corrected chi connectivity index (χ0v) is 27.5. The molecule has 0 unspecified atom stereocenters. The summed E-state index contributed by atoms with van der Waals surface area (Å²) in [5, 5.41) is 17.6. The topological polar surface area (TPSA) is 86.0 Å². The van der Waals surface area contributed by atoms with Crippen molar-refractivity contribution in [2.45, 2.75) is 45.8 Å². The normalized spacial score (nSPS) is 11.6. The fourth-order valence-electron chi connectivity index (χ4n) is 4.81. The number of imidazole rings is 1. The van der Waals surface area contributed by atoms with Crippen LogP contribution in [0.15, 0.2) is 79.3 Å². The van der Waals surface area contributed by atoms with Gasteiger partial charge in [-0.15, -0.1) is 0 Å². The molecule has 0 saturated carbocycles. The van der Waals surface area contributed by atoms with E-state index in [9.17, 15) is 4.79 Å². The first-order chi connectivity index (χ1) is 21.1. The molecule has 0 aliphatic rings. The Morgan fingerprint density at radius 2 is 1.80 bits per heavy atom. The summed E-state index contributed by atoms with van der Waals surface area (Å²) in [5.41, 5.74) is 4.02. The predicted octanol–water partition coefficient (Wildman–Crippen LogP) is 7.74. The second kappa shape index (κ2) is 15.9. The first-order valence-electron chi connectivity index (χ1n) is 14.1. The van der Waals surface area contributed by atoms with E-state index < -0.39 is 0 Å². The molecule has 2 N–H and O–H groups in total. The van der Waals surface area contributed by atoms with Gasteiger partial charge in [0, 0.05) is 48.3 Å². The molecule has 0 fully saturated rings. The Balaban J connectivity index is 1.50. The van der Waals surface area contributed by atoms with Gasteiger partial charge in [0.05, 0.1) is 34.4 Å². The third-order valence-corrected chi connectivity index (χ3v) is 8.38. The lowest BCUT2D eigenvalue weighted by Gasteiger charge is -2.32. The van der Waals surface area contributed by atoms with Crippen LogP contribution in [0.2, 0.25) is 15.1 Å². The van der Waals surface area contributed by atoms with E-state index in [-0.39, 0.29) is 18.4 Å². The van der Waals surface area contributed by atoms with Gasteiger partial charge in [-0.2, -0.15) is 5.26 Å². The zero-order valence-electron chi connectivity index (χ0n) is 24.4. The summed E-state index contributed by atoms with van der Waals surface area (Å²) in [6, 6.07) is 22.1. The first-order valence-corrected chi connectivity index (χ1v) is 15.7. The number of carbonyl (C=O) groups excluding carboxylic acids is 1. The van der Waals surface area contributed by atoms with Gasteiger partial charge in [0.1, 0.15) is 0 Å². The summed E-state index contributed by atoms with van der Waals surface area (Å²) in [5.74, 6) is 0.200. The molecule has 0 spiro atoms. The highest BCUT2D eigenvalue weighted by Gasteiger charge is 2.22. The van der Waals surface area contributed by atoms with Crippen LogP contribution in [-0.2, 0) is 24.3 Å². The minimum absolute atomic E-state index is 0.116. The molecule has 4 rings (SSSR count). The molecule has 1 amide bonds. The van der Waals surface area contributed by atoms with Gasteiger partial charge in [-0.05, 0) is 78.1 Å². The van der Waals surface area contributed by atoms with Gasteiger partial charge in [-0.1, -0.05) is 72.9 Å². The smallest absolute Gasteiger partial charge is 0.226 e. The summed E-state index contributed by atoms with van der Waals surface area (Å²) < 4.78 is 1.94. The van der Waals surface area contributed by atoms with Crippen LogP contribution in [0.1, 0.15) is 42.7 Å². The number of amides is 1. The number of anilines is 1. The van der Waals surface area contributed by atoms with Crippen molar-refractivity contribution in [3.05, 3.63) is 117 Å². The summed E-state index contributed by atoms with van der Waals surface area (Å²) in [6.45, 7) is 5.61. The van der Waals surface area contributed by atoms with E-state index in [1.165, 1.54) is 0 Å². The average molecular weight is 668 g/mol. The summed E-state index contributed by atoms with van der Waals surface area (Å²) in [7, 11) is 0. The third-order valence-electron chi connectivity index (χ3n) is 6.91. The Morgan fingerprint density at radius 3 is 2.48 bits per heavy atom. The molecule has 3 aromatic carbocycles. The highest BCUT2D eigenvalue weighted by molar-refractivity contribution is 7.80. The van der Waals surface area contributed by atoms with E-state index >= 15 is 0 Å². The first kappa shape index (κ1) is 33.3. The molecular formula is C33H33Cl3N6OS. The van der Waals surface area contributed by atoms with Crippen LogP contribution in [0.25, 0.3) is 0 Å². The quantitative estimate of drug-likeness (QED) is 0.150. The van der Waals surface area contributed by atoms with Crippen LogP contribution >= 0.6 is 47.0 Å². The standard InChI is InChI=1S/C33H33Cl3N6OS/c1-22(2)14-28(39-31(43)15-29-17-38-21-42(29)18-24-8-6-23(16-37)7-9-24)20-41(19-25-4-3-5-30(35)32(25)36)33(44)40-27-12-10-26(34)11-13-27/h3-13,17,21-22,28H,14-15,18-20H2,1-2H3,(H,39,43)(H,40,44)/t28-/m0/s1. The van der Waals surface area contributed by atoms with Gasteiger partial charge in [-0.25, -0.2) is 4.98 Å². The Labute approximate surface area is 278 Å². The largest absolute Gasteiger partial charge is 0.351 e. The Morgan fingerprint density at radius 1 is 1.07 bits per heavy atom. The van der Waals surface area contributed by atoms with Crippen LogP contribution in [0.3, 0.4) is 0 Å². The van der Waals surface area contributed by atoms with E-state index in [2.05, 4.69) is 35.5 Å². The number of nitriles is 1. The number of hydrogen-bond donors (Lipinski definition) is 2. The minimum Gasteiger partial charge on any atom is -0.351 e. The van der Waals surface area contributed by atoms with Crippen molar-refractivity contribution in [2.75, 3.05) is 11.9 Å². The minimum atomic E-state index is -0.208. The molecule has 0 saturated heterocycles. The highest BCUT2D eigenvalue weighted by Crippen LogP contribution is 2.27. The van der Waals surface area contributed by atoms with Crippen LogP contribution < -0.4 is 10.6 Å². The van der Waals surface area contributed by atoms with Gasteiger partial charge in [0.15, 0.2) is 5.11 Å². The maximum atomic E-state index is 13.4. The van der Waals surface area contributed by atoms with E-state index in [1.807, 2.05) is 45.9 Å². The Kier molecular flexibility index (Phi) is 12.0. The maximum Gasteiger partial charge on any atom is 0.226 e. The maximum absolute atomic E-state index is 13.4. The molecule has 0 bridgehead atoms. The number of halogens is 3. The predicted molar refractivity (Wildman–Crippen MR) is 182 cm³/mol. The van der Waals surface area contributed by atoms with Crippen LogP contribution in [0.4, 0.5) is 5.69 Å². The second-order valence-electron chi connectivity index (χ2n) is 10.9. The molecule has 0 aliphatic heterocycles. The molecule has 11 heteroatoms. The number of benzene rings is 3. The molecular weight excluding hydrogens is 635 g/mol. The summed E-state index contributed by atoms with van der Waals surface area (Å²) >= 11 is 24.8. The molecule has 228 valence electrons. The van der Waals surface area contributed by atoms with Crippen molar-refractivity contribution < 1.29 is 4.79 Å². The van der Waals surface area contributed by atoms with Crippen molar-refractivity contribution in [1.29, 1.82) is 5.26 Å². The molecule has 44 heavy (non-hydrogen) atoms. The van der Waals surface area contributed by atoms with E-state index in [0.29, 0.717) is 51.3 Å². The van der Waals surface area contributed by atoms with Gasteiger partial charge in [0.2, 0.25) is 5.91 Å². The lowest BCUT2D eigenvalue weighted by atomic mass is 10.0. The van der Waals surface area contributed by atoms with Crippen molar-refractivity contribution in [3.8, 4) is 6.07 Å². The summed E-state index contributed by atoms with van der Waals surface area (Å²) in [6.07, 6.45) is 4.32. The molecule has 1 aromatic heterocycles. The molecule has 1 atom stereocenters. The number of aromatic nitrogens is 2. The second-order valence-corrected chi connectivity index (χ2v) is 12.5. The fourth-order valence-corrected chi connectivity index (χ4v) is 5.57. The fraction of sp³-hybridized carbons (Fsp3) is 0.273. The lowest BCUT2D eigenvalue weighted by Crippen LogP contribution is -2.47. The van der Waals surface area contributed by atoms with Crippen LogP contribution in [0, 0.1) is 17.2 Å². The highest BCUT2D eigenvalue weighted by atomic mass is 35.5. The molecule has 7 nitrogen and oxygen atoms in total. The lowest BCUT2D eigenvalue weighted by molar-refractivity contribution is -0.121. The van der Waals surface area contributed by atoms with Gasteiger partial charge < -0.3 is 20.1 Å². The van der Waals surface area contributed by atoms with Crippen molar-refractivity contribution in [2.24, 2.45) is 5.92 Å². The van der Waals surface area contributed by atoms with Crippen molar-refractivity contribution in [3.63, 3.8) is 0 Å². The van der Waals surface area contributed by atoms with Crippen LogP contribution in [0.5, 0.6) is 0 Å². The van der Waals surface area contributed by atoms with E-state index in [0.717, 1.165) is 28.9 Å². The number of thiocarbonyl (C=S) groups is 1. The number of hydrogen-bond acceptors (Lipinski definition) is 4. The summed E-state index contributed by atoms with van der Waals surface area (Å²) in [4.78, 5) is 19.7. The number of carbonyl (C=O) groups is 1. The van der Waals surface area contributed by atoms with Gasteiger partial charge in [-0.3, -0.25) is 4.79 Å². The molecule has 0 radical (unpaired) electrons. The van der Waals surface area contributed by atoms with Gasteiger partial charge >= 0.3 is 0 Å². The third kappa shape index (κ3) is 9.70. The SMILES string of the molecule is CC(C)C[C@@H](CN(Cc1cccc(Cl)c1Cl)C(=S)Nc1ccc(Cl)cc1)NC(=O)Cc1cncn1Cc1ccc(C#N)cc1. The number of nitrogens with one attached hydrogen (secondary N) is 2. The molecule has 4 aromatic rings. The van der Waals surface area contributed by atoms with E-state index in [1.54, 1.807) is 42.9 Å². The Bertz CT molecular complexity index is 1620. The number of nitrogens with zero attached hydrogens (tertiary/aromatic N) is 4. The monoisotopic (exact) mass is 666 g/mol. The zero-order chi connectivity index (χ0) is 31.6. The van der Waals surface area contributed by atoms with Crippen molar-refractivity contribution >= 4 is 63.7 Å². The number of rotatable bonds is 12. The van der Waals surface area contributed by atoms with E-state index in [4.69, 9.17) is 52.3 Å².